The lowest BCUT2D eigenvalue weighted by Gasteiger charge is -2.05. The molecule has 0 atom stereocenters. The van der Waals surface area contributed by atoms with Crippen LogP contribution >= 0.6 is 0 Å². The van der Waals surface area contributed by atoms with Gasteiger partial charge in [0.05, 0.1) is 12.2 Å². The first kappa shape index (κ1) is 13.1. The van der Waals surface area contributed by atoms with Crippen LogP contribution in [0, 0.1) is 5.82 Å². The molecule has 0 heterocycles. The molecule has 0 aliphatic heterocycles. The largest absolute Gasteiger partial charge is 0.505 e. The molecular formula is C15H13FO3. The summed E-state index contributed by atoms with van der Waals surface area (Å²) in [6.07, 6.45) is 0. The van der Waals surface area contributed by atoms with E-state index >= 15 is 0 Å². The first-order valence-electron chi connectivity index (χ1n) is 5.88. The van der Waals surface area contributed by atoms with E-state index in [9.17, 15) is 9.18 Å². The highest BCUT2D eigenvalue weighted by Crippen LogP contribution is 2.25. The Balaban J connectivity index is 2.27. The zero-order chi connectivity index (χ0) is 13.8. The number of ether oxygens (including phenoxy) is 1. The van der Waals surface area contributed by atoms with E-state index in [1.54, 1.807) is 37.3 Å². The van der Waals surface area contributed by atoms with Crippen LogP contribution in [-0.2, 0) is 4.74 Å². The van der Waals surface area contributed by atoms with Crippen LogP contribution in [0.25, 0.3) is 11.1 Å². The summed E-state index contributed by atoms with van der Waals surface area (Å²) in [5, 5.41) is 9.13. The van der Waals surface area contributed by atoms with Gasteiger partial charge in [0.15, 0.2) is 11.6 Å². The Labute approximate surface area is 110 Å². The van der Waals surface area contributed by atoms with Crippen molar-refractivity contribution in [3.8, 4) is 16.9 Å². The molecule has 2 rings (SSSR count). The third kappa shape index (κ3) is 2.91. The second-order valence-electron chi connectivity index (χ2n) is 3.96. The summed E-state index contributed by atoms with van der Waals surface area (Å²) in [7, 11) is 0. The summed E-state index contributed by atoms with van der Waals surface area (Å²) in [5.74, 6) is -1.44. The van der Waals surface area contributed by atoms with E-state index in [4.69, 9.17) is 9.84 Å². The number of aromatic hydroxyl groups is 1. The van der Waals surface area contributed by atoms with Crippen molar-refractivity contribution in [2.24, 2.45) is 0 Å². The first-order chi connectivity index (χ1) is 9.11. The Kier molecular flexibility index (Phi) is 3.80. The fourth-order valence-electron chi connectivity index (χ4n) is 1.70. The predicted octanol–water partition coefficient (Wildman–Crippen LogP) is 3.38. The lowest BCUT2D eigenvalue weighted by molar-refractivity contribution is 0.0526. The maximum atomic E-state index is 13.2. The van der Waals surface area contributed by atoms with Crippen LogP contribution in [0.2, 0.25) is 0 Å². The summed E-state index contributed by atoms with van der Waals surface area (Å²) >= 11 is 0. The molecule has 2 aromatic carbocycles. The molecule has 19 heavy (non-hydrogen) atoms. The number of phenols is 1. The maximum absolute atomic E-state index is 13.2. The molecular weight excluding hydrogens is 247 g/mol. The Morgan fingerprint density at radius 3 is 2.37 bits per heavy atom. The smallest absolute Gasteiger partial charge is 0.338 e. The van der Waals surface area contributed by atoms with Crippen LogP contribution in [-0.4, -0.2) is 17.7 Å². The normalized spacial score (nSPS) is 10.2. The molecule has 0 aromatic heterocycles. The van der Waals surface area contributed by atoms with Gasteiger partial charge in [0.2, 0.25) is 0 Å². The van der Waals surface area contributed by atoms with Gasteiger partial charge in [-0.1, -0.05) is 18.2 Å². The minimum Gasteiger partial charge on any atom is -0.505 e. The quantitative estimate of drug-likeness (QED) is 0.860. The first-order valence-corrected chi connectivity index (χ1v) is 5.88. The van der Waals surface area contributed by atoms with Gasteiger partial charge in [-0.3, -0.25) is 0 Å². The molecule has 98 valence electrons. The molecule has 1 N–H and O–H groups in total. The molecule has 0 aliphatic carbocycles. The minimum atomic E-state index is -0.674. The van der Waals surface area contributed by atoms with Crippen LogP contribution < -0.4 is 0 Å². The van der Waals surface area contributed by atoms with E-state index < -0.39 is 5.82 Å². The van der Waals surface area contributed by atoms with E-state index in [0.29, 0.717) is 17.7 Å². The third-order valence-corrected chi connectivity index (χ3v) is 2.68. The zero-order valence-electron chi connectivity index (χ0n) is 10.4. The summed E-state index contributed by atoms with van der Waals surface area (Å²) in [6, 6.07) is 10.8. The standard InChI is InChI=1S/C15H13FO3/c1-2-19-15(18)11-5-3-10(4-6-11)12-7-8-14(17)13(16)9-12/h3-9,17H,2H2,1H3. The van der Waals surface area contributed by atoms with E-state index in [-0.39, 0.29) is 11.7 Å². The van der Waals surface area contributed by atoms with Gasteiger partial charge in [0, 0.05) is 0 Å². The Morgan fingerprint density at radius 1 is 1.16 bits per heavy atom. The van der Waals surface area contributed by atoms with Crippen molar-refractivity contribution in [1.29, 1.82) is 0 Å². The molecule has 0 unspecified atom stereocenters. The molecule has 0 bridgehead atoms. The molecule has 0 amide bonds. The van der Waals surface area contributed by atoms with Crippen molar-refractivity contribution in [2.75, 3.05) is 6.61 Å². The average molecular weight is 260 g/mol. The number of hydrogen-bond acceptors (Lipinski definition) is 3. The Bertz CT molecular complexity index is 591. The monoisotopic (exact) mass is 260 g/mol. The number of halogens is 1. The summed E-state index contributed by atoms with van der Waals surface area (Å²) in [4.78, 5) is 11.5. The van der Waals surface area contributed by atoms with Gasteiger partial charge >= 0.3 is 5.97 Å². The molecule has 0 saturated heterocycles. The van der Waals surface area contributed by atoms with E-state index in [2.05, 4.69) is 0 Å². The average Bonchev–Trinajstić information content (AvgIpc) is 2.42. The lowest BCUT2D eigenvalue weighted by atomic mass is 10.0. The molecule has 3 nitrogen and oxygen atoms in total. The summed E-state index contributed by atoms with van der Waals surface area (Å²) in [6.45, 7) is 2.06. The Morgan fingerprint density at radius 2 is 1.79 bits per heavy atom. The van der Waals surface area contributed by atoms with Crippen LogP contribution in [0.15, 0.2) is 42.5 Å². The number of rotatable bonds is 3. The van der Waals surface area contributed by atoms with Crippen LogP contribution in [0.1, 0.15) is 17.3 Å². The van der Waals surface area contributed by atoms with Gasteiger partial charge in [-0.05, 0) is 42.3 Å². The fraction of sp³-hybridized carbons (Fsp3) is 0.133. The molecule has 4 heteroatoms. The van der Waals surface area contributed by atoms with Gasteiger partial charge in [-0.25, -0.2) is 9.18 Å². The number of hydrogen-bond donors (Lipinski definition) is 1. The van der Waals surface area contributed by atoms with Gasteiger partial charge < -0.3 is 9.84 Å². The fourth-order valence-corrected chi connectivity index (χ4v) is 1.70. The zero-order valence-corrected chi connectivity index (χ0v) is 10.4. The van der Waals surface area contributed by atoms with Gasteiger partial charge in [0.1, 0.15) is 0 Å². The summed E-state index contributed by atoms with van der Waals surface area (Å²) < 4.78 is 18.1. The van der Waals surface area contributed by atoms with Crippen LogP contribution in [0.3, 0.4) is 0 Å². The van der Waals surface area contributed by atoms with Crippen LogP contribution in [0.5, 0.6) is 5.75 Å². The SMILES string of the molecule is CCOC(=O)c1ccc(-c2ccc(O)c(F)c2)cc1. The van der Waals surface area contributed by atoms with Gasteiger partial charge in [-0.2, -0.15) is 0 Å². The highest BCUT2D eigenvalue weighted by Gasteiger charge is 2.07. The predicted molar refractivity (Wildman–Crippen MR) is 69.5 cm³/mol. The van der Waals surface area contributed by atoms with E-state index in [1.807, 2.05) is 0 Å². The van der Waals surface area contributed by atoms with Crippen molar-refractivity contribution < 1.29 is 19.0 Å². The highest BCUT2D eigenvalue weighted by molar-refractivity contribution is 5.90. The molecule has 0 aliphatic rings. The van der Waals surface area contributed by atoms with Crippen molar-refractivity contribution in [3.63, 3.8) is 0 Å². The number of benzene rings is 2. The molecule has 0 saturated carbocycles. The Hall–Kier alpha value is -2.36. The van der Waals surface area contributed by atoms with E-state index in [1.165, 1.54) is 12.1 Å². The molecule has 0 spiro atoms. The summed E-state index contributed by atoms with van der Waals surface area (Å²) in [5.41, 5.74) is 1.84. The van der Waals surface area contributed by atoms with Crippen molar-refractivity contribution in [2.45, 2.75) is 6.92 Å². The lowest BCUT2D eigenvalue weighted by Crippen LogP contribution is -2.03. The second-order valence-corrected chi connectivity index (χ2v) is 3.96. The van der Waals surface area contributed by atoms with Crippen molar-refractivity contribution in [3.05, 3.63) is 53.8 Å². The molecule has 0 radical (unpaired) electrons. The highest BCUT2D eigenvalue weighted by atomic mass is 19.1. The second kappa shape index (κ2) is 5.52. The van der Waals surface area contributed by atoms with Crippen molar-refractivity contribution >= 4 is 5.97 Å². The van der Waals surface area contributed by atoms with Crippen molar-refractivity contribution in [1.82, 2.24) is 0 Å². The van der Waals surface area contributed by atoms with Crippen LogP contribution in [0.4, 0.5) is 4.39 Å². The van der Waals surface area contributed by atoms with Gasteiger partial charge in [-0.15, -0.1) is 0 Å². The third-order valence-electron chi connectivity index (χ3n) is 2.68. The number of carbonyl (C=O) groups is 1. The topological polar surface area (TPSA) is 46.5 Å². The minimum absolute atomic E-state index is 0.323. The van der Waals surface area contributed by atoms with E-state index in [0.717, 1.165) is 5.56 Å². The maximum Gasteiger partial charge on any atom is 0.338 e. The molecule has 0 fully saturated rings. The number of phenolic OH excluding ortho intramolecular Hbond substituents is 1. The molecule has 2 aromatic rings. The number of carbonyl (C=O) groups excluding carboxylic acids is 1. The number of esters is 1. The van der Waals surface area contributed by atoms with Gasteiger partial charge in [0.25, 0.3) is 0 Å².